The van der Waals surface area contributed by atoms with Gasteiger partial charge >= 0.3 is 0 Å². The van der Waals surface area contributed by atoms with Crippen molar-refractivity contribution in [3.8, 4) is 22.8 Å². The predicted molar refractivity (Wildman–Crippen MR) is 128 cm³/mol. The number of rotatable bonds is 3. The smallest absolute Gasteiger partial charge is 0.150 e. The Labute approximate surface area is 187 Å². The van der Waals surface area contributed by atoms with E-state index in [2.05, 4.69) is 75.2 Å². The van der Waals surface area contributed by atoms with Crippen molar-refractivity contribution in [1.82, 2.24) is 24.3 Å². The Morgan fingerprint density at radius 2 is 1.52 bits per heavy atom. The molecule has 0 aliphatic carbocycles. The maximum atomic E-state index is 6.08. The molecular weight excluding hydrogens is 405 g/mol. The Bertz CT molecular complexity index is 1060. The number of ether oxygens (including phenoxy) is 1. The van der Waals surface area contributed by atoms with Crippen molar-refractivity contribution in [3.63, 3.8) is 0 Å². The number of hydrogen-bond donors (Lipinski definition) is 0. The molecule has 2 unspecified atom stereocenters. The van der Waals surface area contributed by atoms with Crippen LogP contribution in [-0.2, 0) is 15.6 Å². The lowest BCUT2D eigenvalue weighted by Gasteiger charge is -2.24. The van der Waals surface area contributed by atoms with Crippen LogP contribution in [0.4, 0.5) is 0 Å². The first kappa shape index (κ1) is 22.2. The summed E-state index contributed by atoms with van der Waals surface area (Å²) >= 11 is 0. The van der Waals surface area contributed by atoms with Gasteiger partial charge in [-0.2, -0.15) is 10.2 Å². The van der Waals surface area contributed by atoms with Gasteiger partial charge in [-0.05, 0) is 52.9 Å². The standard InChI is InChI=1S/C24H34N5OP/c1-23(2,3)20-14-18(28(26-20)22-12-7-8-13-30-22)16-10-9-11-17(25-16)19-15-21(24(4,5)6)27-29(19)31/h9-11,14-15,22H,7-8,12-13,31H2,1-6H3. The minimum atomic E-state index is -0.0490. The van der Waals surface area contributed by atoms with E-state index in [4.69, 9.17) is 19.9 Å². The van der Waals surface area contributed by atoms with E-state index >= 15 is 0 Å². The SMILES string of the molecule is CC(C)(C)c1cc(-c2cccc(-c3cc(C(C)(C)C)nn3C3CCCCO3)n2)n(P)n1. The van der Waals surface area contributed by atoms with Crippen LogP contribution in [0, 0.1) is 0 Å². The molecule has 0 radical (unpaired) electrons. The number of hydrogen-bond acceptors (Lipinski definition) is 4. The summed E-state index contributed by atoms with van der Waals surface area (Å²) in [5.41, 5.74) is 5.80. The lowest BCUT2D eigenvalue weighted by atomic mass is 9.92. The minimum absolute atomic E-state index is 0.0211. The summed E-state index contributed by atoms with van der Waals surface area (Å²) in [6.07, 6.45) is 3.21. The molecule has 1 saturated heterocycles. The molecule has 3 aromatic heterocycles. The topological polar surface area (TPSA) is 57.8 Å². The normalized spacial score (nSPS) is 17.8. The third-order valence-electron chi connectivity index (χ3n) is 5.71. The highest BCUT2D eigenvalue weighted by Gasteiger charge is 2.27. The zero-order chi connectivity index (χ0) is 22.4. The fourth-order valence-electron chi connectivity index (χ4n) is 3.76. The second-order valence-electron chi connectivity index (χ2n) is 10.4. The maximum absolute atomic E-state index is 6.08. The van der Waals surface area contributed by atoms with Crippen LogP contribution in [-0.4, -0.2) is 30.9 Å². The van der Waals surface area contributed by atoms with Gasteiger partial charge in [0.05, 0.1) is 34.2 Å². The zero-order valence-corrected chi connectivity index (χ0v) is 20.7. The average molecular weight is 440 g/mol. The van der Waals surface area contributed by atoms with Crippen molar-refractivity contribution in [2.75, 3.05) is 6.61 Å². The summed E-state index contributed by atoms with van der Waals surface area (Å²) in [7, 11) is 2.68. The summed E-state index contributed by atoms with van der Waals surface area (Å²) in [6.45, 7) is 13.9. The average Bonchev–Trinajstić information content (AvgIpc) is 3.33. The highest BCUT2D eigenvalue weighted by Crippen LogP contribution is 2.34. The second-order valence-corrected chi connectivity index (χ2v) is 10.9. The van der Waals surface area contributed by atoms with E-state index in [0.29, 0.717) is 0 Å². The second kappa shape index (κ2) is 8.14. The maximum Gasteiger partial charge on any atom is 0.150 e. The molecule has 4 heterocycles. The molecule has 31 heavy (non-hydrogen) atoms. The molecule has 0 saturated carbocycles. The molecule has 1 aliphatic heterocycles. The summed E-state index contributed by atoms with van der Waals surface area (Å²) in [6, 6.07) is 10.4. The van der Waals surface area contributed by atoms with Crippen LogP contribution in [0.25, 0.3) is 22.8 Å². The van der Waals surface area contributed by atoms with Crippen molar-refractivity contribution < 1.29 is 4.74 Å². The summed E-state index contributed by atoms with van der Waals surface area (Å²) in [4.78, 5) is 5.03. The summed E-state index contributed by atoms with van der Waals surface area (Å²) in [5, 5.41) is 9.66. The van der Waals surface area contributed by atoms with Gasteiger partial charge in [0, 0.05) is 17.4 Å². The van der Waals surface area contributed by atoms with Crippen molar-refractivity contribution in [2.24, 2.45) is 0 Å². The van der Waals surface area contributed by atoms with Gasteiger partial charge in [0.1, 0.15) is 0 Å². The molecule has 0 spiro atoms. The number of aromatic nitrogens is 5. The molecular formula is C24H34N5OP. The van der Waals surface area contributed by atoms with Crippen molar-refractivity contribution in [2.45, 2.75) is 77.9 Å². The number of nitrogens with zero attached hydrogens (tertiary/aromatic N) is 5. The first-order valence-corrected chi connectivity index (χ1v) is 11.6. The third-order valence-corrected chi connectivity index (χ3v) is 6.10. The molecule has 166 valence electrons. The highest BCUT2D eigenvalue weighted by molar-refractivity contribution is 7.14. The Morgan fingerprint density at radius 3 is 2.10 bits per heavy atom. The molecule has 0 N–H and O–H groups in total. The fourth-order valence-corrected chi connectivity index (χ4v) is 4.09. The van der Waals surface area contributed by atoms with Crippen LogP contribution < -0.4 is 0 Å². The van der Waals surface area contributed by atoms with Gasteiger partial charge in [-0.3, -0.25) is 0 Å². The Morgan fingerprint density at radius 1 is 0.903 bits per heavy atom. The van der Waals surface area contributed by atoms with Crippen LogP contribution in [0.2, 0.25) is 0 Å². The first-order chi connectivity index (χ1) is 14.5. The van der Waals surface area contributed by atoms with Crippen molar-refractivity contribution in [3.05, 3.63) is 41.7 Å². The van der Waals surface area contributed by atoms with Crippen molar-refractivity contribution >= 4 is 9.39 Å². The lowest BCUT2D eigenvalue weighted by molar-refractivity contribution is -0.0387. The first-order valence-electron chi connectivity index (χ1n) is 11.1. The van der Waals surface area contributed by atoms with E-state index in [1.54, 1.807) is 0 Å². The minimum Gasteiger partial charge on any atom is -0.356 e. The molecule has 7 heteroatoms. The van der Waals surface area contributed by atoms with Crippen LogP contribution in [0.1, 0.15) is 78.4 Å². The Hall–Kier alpha value is -2.04. The van der Waals surface area contributed by atoms with Gasteiger partial charge in [-0.25, -0.2) is 14.1 Å². The van der Waals surface area contributed by atoms with Gasteiger partial charge < -0.3 is 4.74 Å². The van der Waals surface area contributed by atoms with E-state index in [1.807, 2.05) is 15.2 Å². The van der Waals surface area contributed by atoms with E-state index in [0.717, 1.165) is 60.0 Å². The van der Waals surface area contributed by atoms with E-state index < -0.39 is 0 Å². The van der Waals surface area contributed by atoms with Gasteiger partial charge in [-0.15, -0.1) is 0 Å². The molecule has 1 aliphatic rings. The van der Waals surface area contributed by atoms with Gasteiger partial charge in [0.15, 0.2) is 6.23 Å². The van der Waals surface area contributed by atoms with Crippen LogP contribution >= 0.6 is 9.39 Å². The molecule has 0 bridgehead atoms. The Kier molecular flexibility index (Phi) is 5.82. The molecule has 4 rings (SSSR count). The quantitative estimate of drug-likeness (QED) is 0.488. The van der Waals surface area contributed by atoms with Crippen LogP contribution in [0.15, 0.2) is 30.3 Å². The van der Waals surface area contributed by atoms with Crippen LogP contribution in [0.3, 0.4) is 0 Å². The Balaban J connectivity index is 1.79. The molecule has 6 nitrogen and oxygen atoms in total. The van der Waals surface area contributed by atoms with E-state index in [-0.39, 0.29) is 17.1 Å². The molecule has 0 aromatic carbocycles. The van der Waals surface area contributed by atoms with Gasteiger partial charge in [0.2, 0.25) is 0 Å². The zero-order valence-electron chi connectivity index (χ0n) is 19.5. The summed E-state index contributed by atoms with van der Waals surface area (Å²) < 4.78 is 9.97. The van der Waals surface area contributed by atoms with E-state index in [9.17, 15) is 0 Å². The molecule has 2 atom stereocenters. The van der Waals surface area contributed by atoms with Crippen molar-refractivity contribution in [1.29, 1.82) is 0 Å². The number of pyridine rings is 1. The lowest BCUT2D eigenvalue weighted by Crippen LogP contribution is -2.21. The van der Waals surface area contributed by atoms with E-state index in [1.165, 1.54) is 0 Å². The molecule has 1 fully saturated rings. The van der Waals surface area contributed by atoms with Gasteiger partial charge in [-0.1, -0.05) is 47.6 Å². The molecule has 3 aromatic rings. The van der Waals surface area contributed by atoms with Crippen LogP contribution in [0.5, 0.6) is 0 Å². The third kappa shape index (κ3) is 4.61. The monoisotopic (exact) mass is 439 g/mol. The summed E-state index contributed by atoms with van der Waals surface area (Å²) in [5.74, 6) is 0. The largest absolute Gasteiger partial charge is 0.356 e. The molecule has 0 amide bonds. The fraction of sp³-hybridized carbons (Fsp3) is 0.542. The van der Waals surface area contributed by atoms with Gasteiger partial charge in [0.25, 0.3) is 0 Å². The predicted octanol–water partition coefficient (Wildman–Crippen LogP) is 5.74. The highest BCUT2D eigenvalue weighted by atomic mass is 31.0.